The maximum Gasteiger partial charge on any atom is 0.261 e. The summed E-state index contributed by atoms with van der Waals surface area (Å²) in [6.07, 6.45) is 18.1. The fourth-order valence-electron chi connectivity index (χ4n) is 3.33. The van der Waals surface area contributed by atoms with Gasteiger partial charge in [0.05, 0.1) is 6.26 Å². The lowest BCUT2D eigenvalue weighted by Gasteiger charge is -2.32. The molecule has 1 fully saturated rings. The zero-order valence-corrected chi connectivity index (χ0v) is 17.1. The quantitative estimate of drug-likeness (QED) is 0.408. The average molecular weight is 364 g/mol. The normalized spacial score (nSPS) is 18.9. The molecule has 0 spiro atoms. The molecule has 5 heteroatoms. The summed E-state index contributed by atoms with van der Waals surface area (Å²) in [4.78, 5) is 2.72. The fraction of sp³-hybridized carbons (Fsp3) is 1.00. The smallest absolute Gasteiger partial charge is 0.261 e. The summed E-state index contributed by atoms with van der Waals surface area (Å²) in [7, 11) is -3.67. The molecule has 1 atom stereocenters. The molecule has 24 heavy (non-hydrogen) atoms. The molecule has 1 rings (SSSR count). The summed E-state index contributed by atoms with van der Waals surface area (Å²) in [5.74, 6) is 0.993. The van der Waals surface area contributed by atoms with Gasteiger partial charge in [0.1, 0.15) is 0 Å². The number of nitrogens with zero attached hydrogens (tertiary/aromatic N) is 1. The van der Waals surface area contributed by atoms with Gasteiger partial charge in [0, 0.05) is 6.54 Å². The summed E-state index contributed by atoms with van der Waals surface area (Å²) >= 11 is 0. The molecule has 1 aliphatic rings. The van der Waals surface area contributed by atoms with Crippen molar-refractivity contribution in [1.82, 2.24) is 4.90 Å². The van der Waals surface area contributed by atoms with Crippen LogP contribution in [-0.4, -0.2) is 43.8 Å². The molecule has 1 unspecified atom stereocenters. The van der Waals surface area contributed by atoms with Crippen molar-refractivity contribution in [3.05, 3.63) is 0 Å². The van der Waals surface area contributed by atoms with Crippen LogP contribution < -0.4 is 0 Å². The Morgan fingerprint density at radius 1 is 0.958 bits per heavy atom. The van der Waals surface area contributed by atoms with Crippen LogP contribution in [0, 0.1) is 5.92 Å². The van der Waals surface area contributed by atoms with Crippen LogP contribution >= 0.6 is 0 Å². The van der Waals surface area contributed by atoms with Gasteiger partial charge in [-0.05, 0) is 38.3 Å². The van der Waals surface area contributed by atoms with Crippen molar-refractivity contribution in [3.63, 3.8) is 0 Å². The SMILES string of the molecule is CCCCCCCCCCCN1CCCC(CC)C1.CS(=O)(=O)O. The van der Waals surface area contributed by atoms with Gasteiger partial charge in [0.2, 0.25) is 0 Å². The van der Waals surface area contributed by atoms with Crippen molar-refractivity contribution in [2.24, 2.45) is 5.92 Å². The van der Waals surface area contributed by atoms with Gasteiger partial charge in [-0.1, -0.05) is 71.6 Å². The van der Waals surface area contributed by atoms with Crippen LogP contribution in [-0.2, 0) is 10.1 Å². The van der Waals surface area contributed by atoms with Crippen molar-refractivity contribution in [2.45, 2.75) is 90.9 Å². The van der Waals surface area contributed by atoms with Gasteiger partial charge in [-0.25, -0.2) is 0 Å². The lowest BCUT2D eigenvalue weighted by Crippen LogP contribution is -2.35. The van der Waals surface area contributed by atoms with E-state index in [-0.39, 0.29) is 0 Å². The van der Waals surface area contributed by atoms with Crippen LogP contribution in [0.4, 0.5) is 0 Å². The zero-order valence-electron chi connectivity index (χ0n) is 16.3. The fourth-order valence-corrected chi connectivity index (χ4v) is 3.33. The minimum absolute atomic E-state index is 0.715. The third kappa shape index (κ3) is 18.2. The number of hydrogen-bond acceptors (Lipinski definition) is 3. The Labute approximate surface area is 151 Å². The predicted octanol–water partition coefficient (Wildman–Crippen LogP) is 5.14. The van der Waals surface area contributed by atoms with Crippen LogP contribution in [0.1, 0.15) is 90.9 Å². The number of likely N-dealkylation sites (tertiary alicyclic amines) is 1. The van der Waals surface area contributed by atoms with E-state index in [1.165, 1.54) is 96.7 Å². The van der Waals surface area contributed by atoms with Gasteiger partial charge >= 0.3 is 0 Å². The van der Waals surface area contributed by atoms with E-state index in [4.69, 9.17) is 4.55 Å². The number of hydrogen-bond donors (Lipinski definition) is 1. The van der Waals surface area contributed by atoms with Crippen molar-refractivity contribution in [2.75, 3.05) is 25.9 Å². The molecule has 0 amide bonds. The molecule has 0 aliphatic carbocycles. The Morgan fingerprint density at radius 2 is 1.46 bits per heavy atom. The molecular weight excluding hydrogens is 322 g/mol. The Kier molecular flexibility index (Phi) is 15.1. The third-order valence-corrected chi connectivity index (χ3v) is 4.76. The summed E-state index contributed by atoms with van der Waals surface area (Å²) in [5.41, 5.74) is 0. The highest BCUT2D eigenvalue weighted by Gasteiger charge is 2.17. The highest BCUT2D eigenvalue weighted by atomic mass is 32.2. The van der Waals surface area contributed by atoms with E-state index in [0.717, 1.165) is 5.92 Å². The van der Waals surface area contributed by atoms with Gasteiger partial charge in [0.15, 0.2) is 0 Å². The number of piperidine rings is 1. The van der Waals surface area contributed by atoms with Crippen molar-refractivity contribution >= 4 is 10.1 Å². The molecule has 1 N–H and O–H groups in total. The second-order valence-electron chi connectivity index (χ2n) is 7.28. The maximum atomic E-state index is 9.19. The van der Waals surface area contributed by atoms with Gasteiger partial charge in [-0.15, -0.1) is 0 Å². The van der Waals surface area contributed by atoms with Crippen molar-refractivity contribution in [3.8, 4) is 0 Å². The highest BCUT2D eigenvalue weighted by Crippen LogP contribution is 2.19. The summed E-state index contributed by atoms with van der Waals surface area (Å²) in [6.45, 7) is 8.77. The first-order valence-electron chi connectivity index (χ1n) is 10.0. The molecule has 0 aromatic heterocycles. The first kappa shape index (κ1) is 23.9. The molecule has 0 aromatic rings. The zero-order chi connectivity index (χ0) is 18.3. The Bertz CT molecular complexity index is 363. The lowest BCUT2D eigenvalue weighted by atomic mass is 9.95. The van der Waals surface area contributed by atoms with E-state index < -0.39 is 10.1 Å². The molecule has 1 heterocycles. The van der Waals surface area contributed by atoms with Gasteiger partial charge < -0.3 is 4.90 Å². The lowest BCUT2D eigenvalue weighted by molar-refractivity contribution is 0.169. The van der Waals surface area contributed by atoms with Crippen LogP contribution in [0.25, 0.3) is 0 Å². The molecular formula is C19H41NO3S. The monoisotopic (exact) mass is 363 g/mol. The summed E-state index contributed by atoms with van der Waals surface area (Å²) in [6, 6.07) is 0. The van der Waals surface area contributed by atoms with E-state index in [2.05, 4.69) is 18.7 Å². The maximum absolute atomic E-state index is 9.19. The standard InChI is InChI=1S/C18H37N.CH4O3S/c1-3-5-6-7-8-9-10-11-12-15-19-16-13-14-18(4-2)17-19;1-5(2,3)4/h18H,3-17H2,1-2H3;1H3,(H,2,3,4). The molecule has 0 saturated carbocycles. The van der Waals surface area contributed by atoms with Gasteiger partial charge in [-0.2, -0.15) is 8.42 Å². The van der Waals surface area contributed by atoms with Gasteiger partial charge in [-0.3, -0.25) is 4.55 Å². The molecule has 1 aliphatic heterocycles. The summed E-state index contributed by atoms with van der Waals surface area (Å²) in [5, 5.41) is 0. The van der Waals surface area contributed by atoms with E-state index in [0.29, 0.717) is 6.26 Å². The molecule has 0 bridgehead atoms. The average Bonchev–Trinajstić information content (AvgIpc) is 2.52. The Hall–Kier alpha value is -0.130. The van der Waals surface area contributed by atoms with E-state index >= 15 is 0 Å². The van der Waals surface area contributed by atoms with Crippen LogP contribution in [0.15, 0.2) is 0 Å². The molecule has 4 nitrogen and oxygen atoms in total. The topological polar surface area (TPSA) is 57.6 Å². The number of rotatable bonds is 11. The van der Waals surface area contributed by atoms with Crippen molar-refractivity contribution in [1.29, 1.82) is 0 Å². The second kappa shape index (κ2) is 15.2. The largest absolute Gasteiger partial charge is 0.303 e. The van der Waals surface area contributed by atoms with Crippen molar-refractivity contribution < 1.29 is 13.0 Å². The Balaban J connectivity index is 0.000000922. The first-order valence-corrected chi connectivity index (χ1v) is 11.9. The molecule has 0 radical (unpaired) electrons. The van der Waals surface area contributed by atoms with Crippen LogP contribution in [0.3, 0.4) is 0 Å². The predicted molar refractivity (Wildman–Crippen MR) is 104 cm³/mol. The first-order chi connectivity index (χ1) is 11.4. The molecule has 0 aromatic carbocycles. The van der Waals surface area contributed by atoms with Gasteiger partial charge in [0.25, 0.3) is 10.1 Å². The van der Waals surface area contributed by atoms with E-state index in [1.54, 1.807) is 0 Å². The molecule has 1 saturated heterocycles. The van der Waals surface area contributed by atoms with Crippen LogP contribution in [0.5, 0.6) is 0 Å². The highest BCUT2D eigenvalue weighted by molar-refractivity contribution is 7.85. The summed E-state index contributed by atoms with van der Waals surface area (Å²) < 4.78 is 25.9. The van der Waals surface area contributed by atoms with E-state index in [9.17, 15) is 8.42 Å². The third-order valence-electron chi connectivity index (χ3n) is 4.76. The number of unbranched alkanes of at least 4 members (excludes halogenated alkanes) is 8. The molecule has 146 valence electrons. The minimum atomic E-state index is -3.67. The Morgan fingerprint density at radius 3 is 1.96 bits per heavy atom. The minimum Gasteiger partial charge on any atom is -0.303 e. The van der Waals surface area contributed by atoms with E-state index in [1.807, 2.05) is 0 Å². The van der Waals surface area contributed by atoms with Crippen LogP contribution in [0.2, 0.25) is 0 Å². The second-order valence-corrected chi connectivity index (χ2v) is 8.74.